The van der Waals surface area contributed by atoms with Gasteiger partial charge in [-0.3, -0.25) is 9.10 Å². The number of ether oxygens (including phenoxy) is 1. The highest BCUT2D eigenvalue weighted by molar-refractivity contribution is 9.10. The van der Waals surface area contributed by atoms with Crippen molar-refractivity contribution in [3.63, 3.8) is 0 Å². The average Bonchev–Trinajstić information content (AvgIpc) is 2.78. The van der Waals surface area contributed by atoms with Crippen LogP contribution >= 0.6 is 15.9 Å². The molecule has 0 radical (unpaired) electrons. The number of nitrogens with zero attached hydrogens (tertiary/aromatic N) is 3. The third-order valence-electron chi connectivity index (χ3n) is 5.48. The van der Waals surface area contributed by atoms with Gasteiger partial charge >= 0.3 is 0 Å². The maximum atomic E-state index is 13.6. The van der Waals surface area contributed by atoms with Crippen LogP contribution in [0.5, 0.6) is 5.75 Å². The molecule has 1 heterocycles. The number of anilines is 1. The van der Waals surface area contributed by atoms with Crippen LogP contribution < -0.4 is 9.04 Å². The minimum absolute atomic E-state index is 0.0874. The molecule has 168 valence electrons. The molecule has 0 bridgehead atoms. The number of methoxy groups -OCH3 is 1. The lowest BCUT2D eigenvalue weighted by Gasteiger charge is -2.35. The number of likely N-dealkylation sites (N-methyl/N-ethyl adjacent to an activating group) is 1. The van der Waals surface area contributed by atoms with E-state index in [0.717, 1.165) is 25.2 Å². The molecule has 0 saturated carbocycles. The molecule has 31 heavy (non-hydrogen) atoms. The van der Waals surface area contributed by atoms with Crippen molar-refractivity contribution >= 4 is 37.5 Å². The molecule has 0 unspecified atom stereocenters. The van der Waals surface area contributed by atoms with Gasteiger partial charge in [0.25, 0.3) is 10.0 Å². The van der Waals surface area contributed by atoms with Crippen LogP contribution in [0.4, 0.5) is 5.69 Å². The summed E-state index contributed by atoms with van der Waals surface area (Å²) in [5.74, 6) is 0.332. The second-order valence-electron chi connectivity index (χ2n) is 7.46. The van der Waals surface area contributed by atoms with Gasteiger partial charge in [0.05, 0.1) is 22.2 Å². The van der Waals surface area contributed by atoms with Gasteiger partial charge in [-0.1, -0.05) is 24.6 Å². The summed E-state index contributed by atoms with van der Waals surface area (Å²) in [5, 5.41) is 0. The first-order valence-corrected chi connectivity index (χ1v) is 12.4. The highest BCUT2D eigenvalue weighted by Crippen LogP contribution is 2.31. The first-order valence-electron chi connectivity index (χ1n) is 10.2. The Hall–Kier alpha value is -2.10. The predicted molar refractivity (Wildman–Crippen MR) is 125 cm³/mol. The van der Waals surface area contributed by atoms with E-state index in [9.17, 15) is 13.2 Å². The van der Waals surface area contributed by atoms with E-state index in [1.165, 1.54) is 23.5 Å². The number of hydrogen-bond donors (Lipinski definition) is 0. The largest absolute Gasteiger partial charge is 0.496 e. The Balaban J connectivity index is 1.92. The average molecular weight is 510 g/mol. The van der Waals surface area contributed by atoms with Crippen LogP contribution in [0.25, 0.3) is 0 Å². The van der Waals surface area contributed by atoms with Gasteiger partial charge < -0.3 is 14.5 Å². The summed E-state index contributed by atoms with van der Waals surface area (Å²) in [6.45, 7) is 7.51. The summed E-state index contributed by atoms with van der Waals surface area (Å²) in [5.41, 5.74) is 1.47. The Bertz CT molecular complexity index is 1020. The lowest BCUT2D eigenvalue weighted by Crippen LogP contribution is -2.51. The maximum Gasteiger partial charge on any atom is 0.264 e. The van der Waals surface area contributed by atoms with E-state index >= 15 is 0 Å². The van der Waals surface area contributed by atoms with Gasteiger partial charge in [-0.25, -0.2) is 8.42 Å². The lowest BCUT2D eigenvalue weighted by atomic mass is 10.2. The second-order valence-corrected chi connectivity index (χ2v) is 10.2. The lowest BCUT2D eigenvalue weighted by molar-refractivity contribution is -0.131. The van der Waals surface area contributed by atoms with Crippen molar-refractivity contribution in [1.29, 1.82) is 0 Å². The zero-order valence-corrected chi connectivity index (χ0v) is 20.4. The normalized spacial score (nSPS) is 15.0. The second kappa shape index (κ2) is 10.0. The number of rotatable bonds is 7. The number of amides is 1. The van der Waals surface area contributed by atoms with Crippen LogP contribution in [0.3, 0.4) is 0 Å². The molecule has 1 fully saturated rings. The fourth-order valence-electron chi connectivity index (χ4n) is 3.50. The number of halogens is 1. The number of sulfonamides is 1. The summed E-state index contributed by atoms with van der Waals surface area (Å²) in [7, 11) is -2.46. The van der Waals surface area contributed by atoms with E-state index < -0.39 is 10.0 Å². The van der Waals surface area contributed by atoms with Gasteiger partial charge in [-0.05, 0) is 59.7 Å². The predicted octanol–water partition coefficient (Wildman–Crippen LogP) is 3.13. The van der Waals surface area contributed by atoms with Crippen LogP contribution in [0, 0.1) is 6.92 Å². The number of carbonyl (C=O) groups excluding carboxylic acids is 1. The van der Waals surface area contributed by atoms with E-state index in [0.29, 0.717) is 29.0 Å². The van der Waals surface area contributed by atoms with Crippen molar-refractivity contribution in [2.45, 2.75) is 18.7 Å². The Morgan fingerprint density at radius 2 is 1.74 bits per heavy atom. The SMILES string of the molecule is CCN1CCN(C(=O)CN(c2ccc(C)cc2)S(=O)(=O)c2ccc(OC)c(Br)c2)CC1. The van der Waals surface area contributed by atoms with E-state index in [1.807, 2.05) is 19.1 Å². The first kappa shape index (κ1) is 23.6. The molecular weight excluding hydrogens is 482 g/mol. The Morgan fingerprint density at radius 1 is 1.10 bits per heavy atom. The van der Waals surface area contributed by atoms with Crippen molar-refractivity contribution in [3.8, 4) is 5.75 Å². The Labute approximate surface area is 192 Å². The monoisotopic (exact) mass is 509 g/mol. The summed E-state index contributed by atoms with van der Waals surface area (Å²) in [6, 6.07) is 11.7. The van der Waals surface area contributed by atoms with E-state index in [2.05, 4.69) is 27.8 Å². The minimum atomic E-state index is -3.97. The molecule has 2 aromatic rings. The van der Waals surface area contributed by atoms with Crippen molar-refractivity contribution in [3.05, 3.63) is 52.5 Å². The van der Waals surface area contributed by atoms with E-state index in [4.69, 9.17) is 4.74 Å². The number of aryl methyl sites for hydroxylation is 1. The Morgan fingerprint density at radius 3 is 2.29 bits per heavy atom. The number of hydrogen-bond acceptors (Lipinski definition) is 5. The molecule has 0 aromatic heterocycles. The van der Waals surface area contributed by atoms with Gasteiger partial charge in [0.1, 0.15) is 12.3 Å². The third kappa shape index (κ3) is 5.39. The molecule has 1 aliphatic heterocycles. The molecule has 7 nitrogen and oxygen atoms in total. The molecule has 1 amide bonds. The summed E-state index contributed by atoms with van der Waals surface area (Å²) in [4.78, 5) is 17.2. The van der Waals surface area contributed by atoms with E-state index in [-0.39, 0.29) is 17.3 Å². The van der Waals surface area contributed by atoms with Crippen LogP contribution in [-0.4, -0.2) is 70.5 Å². The fraction of sp³-hybridized carbons (Fsp3) is 0.409. The minimum Gasteiger partial charge on any atom is -0.496 e. The summed E-state index contributed by atoms with van der Waals surface area (Å²) in [6.07, 6.45) is 0. The number of benzene rings is 2. The molecule has 1 aliphatic rings. The third-order valence-corrected chi connectivity index (χ3v) is 7.87. The quantitative estimate of drug-likeness (QED) is 0.573. The number of piperazine rings is 1. The van der Waals surface area contributed by atoms with Gasteiger partial charge in [-0.15, -0.1) is 0 Å². The van der Waals surface area contributed by atoms with Crippen LogP contribution in [-0.2, 0) is 14.8 Å². The summed E-state index contributed by atoms with van der Waals surface area (Å²) < 4.78 is 34.1. The van der Waals surface area contributed by atoms with E-state index in [1.54, 1.807) is 23.1 Å². The van der Waals surface area contributed by atoms with Crippen molar-refractivity contribution in [2.24, 2.45) is 0 Å². The van der Waals surface area contributed by atoms with Crippen molar-refractivity contribution < 1.29 is 17.9 Å². The molecule has 2 aromatic carbocycles. The molecule has 0 atom stereocenters. The first-order chi connectivity index (χ1) is 14.8. The smallest absolute Gasteiger partial charge is 0.264 e. The zero-order chi connectivity index (χ0) is 22.6. The van der Waals surface area contributed by atoms with Gasteiger partial charge in [0.2, 0.25) is 5.91 Å². The van der Waals surface area contributed by atoms with Crippen LogP contribution in [0.2, 0.25) is 0 Å². The molecule has 9 heteroatoms. The van der Waals surface area contributed by atoms with Crippen molar-refractivity contribution in [1.82, 2.24) is 9.80 Å². The Kier molecular flexibility index (Phi) is 7.61. The molecular formula is C22H28BrN3O4S. The molecule has 0 N–H and O–H groups in total. The summed E-state index contributed by atoms with van der Waals surface area (Å²) >= 11 is 3.35. The van der Waals surface area contributed by atoms with Crippen LogP contribution in [0.15, 0.2) is 51.8 Å². The molecule has 3 rings (SSSR count). The zero-order valence-electron chi connectivity index (χ0n) is 18.0. The standard InChI is InChI=1S/C22H28BrN3O4S/c1-4-24-11-13-25(14-12-24)22(27)16-26(18-7-5-17(2)6-8-18)31(28,29)19-9-10-21(30-3)20(23)15-19/h5-10,15H,4,11-14,16H2,1-3H3. The topological polar surface area (TPSA) is 70.2 Å². The number of carbonyl (C=O) groups is 1. The van der Waals surface area contributed by atoms with Crippen LogP contribution in [0.1, 0.15) is 12.5 Å². The van der Waals surface area contributed by atoms with Crippen molar-refractivity contribution in [2.75, 3.05) is 50.7 Å². The fourth-order valence-corrected chi connectivity index (χ4v) is 5.63. The molecule has 0 aliphatic carbocycles. The highest BCUT2D eigenvalue weighted by atomic mass is 79.9. The highest BCUT2D eigenvalue weighted by Gasteiger charge is 2.30. The maximum absolute atomic E-state index is 13.6. The van der Waals surface area contributed by atoms with Gasteiger partial charge in [0, 0.05) is 26.2 Å². The van der Waals surface area contributed by atoms with Gasteiger partial charge in [0.15, 0.2) is 0 Å². The molecule has 0 spiro atoms. The van der Waals surface area contributed by atoms with Gasteiger partial charge in [-0.2, -0.15) is 0 Å². The molecule has 1 saturated heterocycles.